The van der Waals surface area contributed by atoms with Gasteiger partial charge in [0.25, 0.3) is 0 Å². The second kappa shape index (κ2) is 3.64. The van der Waals surface area contributed by atoms with Crippen LogP contribution in [0.4, 0.5) is 0 Å². The van der Waals surface area contributed by atoms with Crippen LogP contribution >= 0.6 is 0 Å². The molecule has 1 aliphatic heterocycles. The molecule has 1 N–H and O–H groups in total. The molecule has 13 heavy (non-hydrogen) atoms. The zero-order valence-corrected chi connectivity index (χ0v) is 7.61. The van der Waals surface area contributed by atoms with Crippen LogP contribution in [-0.4, -0.2) is 47.8 Å². The number of hydrogen-bond acceptors (Lipinski definition) is 3. The average Bonchev–Trinajstić information content (AvgIpc) is 2.88. The predicted octanol–water partition coefficient (Wildman–Crippen LogP) is -0.241. The lowest BCUT2D eigenvalue weighted by atomic mass is 10.1. The van der Waals surface area contributed by atoms with Crippen molar-refractivity contribution in [1.82, 2.24) is 4.90 Å². The Morgan fingerprint density at radius 3 is 2.92 bits per heavy atom. The maximum absolute atomic E-state index is 11.5. The van der Waals surface area contributed by atoms with Gasteiger partial charge in [-0.05, 0) is 19.3 Å². The normalized spacial score (nSPS) is 29.5. The van der Waals surface area contributed by atoms with Crippen molar-refractivity contribution < 1.29 is 14.6 Å². The van der Waals surface area contributed by atoms with Crippen molar-refractivity contribution in [2.24, 2.45) is 0 Å². The summed E-state index contributed by atoms with van der Waals surface area (Å²) in [4.78, 5) is 13.4. The number of hydrogen-bond donors (Lipinski definition) is 1. The van der Waals surface area contributed by atoms with Crippen LogP contribution in [0.25, 0.3) is 0 Å². The maximum atomic E-state index is 11.5. The SMILES string of the molecule is O=C1COCC(CCO)N1C1CC1. The Labute approximate surface area is 77.5 Å². The number of nitrogens with zero attached hydrogens (tertiary/aromatic N) is 1. The third-order valence-electron chi connectivity index (χ3n) is 2.62. The van der Waals surface area contributed by atoms with Crippen LogP contribution in [0.15, 0.2) is 0 Å². The molecule has 1 unspecified atom stereocenters. The third-order valence-corrected chi connectivity index (χ3v) is 2.62. The first-order chi connectivity index (χ1) is 6.33. The molecule has 1 aliphatic carbocycles. The van der Waals surface area contributed by atoms with Gasteiger partial charge in [0.05, 0.1) is 12.6 Å². The molecular formula is C9H15NO3. The summed E-state index contributed by atoms with van der Waals surface area (Å²) in [6, 6.07) is 0.548. The fourth-order valence-electron chi connectivity index (χ4n) is 1.87. The smallest absolute Gasteiger partial charge is 0.249 e. The summed E-state index contributed by atoms with van der Waals surface area (Å²) in [6.07, 6.45) is 2.88. The fraction of sp³-hybridized carbons (Fsp3) is 0.889. The summed E-state index contributed by atoms with van der Waals surface area (Å²) in [5.41, 5.74) is 0. The lowest BCUT2D eigenvalue weighted by Gasteiger charge is -2.35. The number of ether oxygens (including phenoxy) is 1. The van der Waals surface area contributed by atoms with E-state index in [0.717, 1.165) is 12.8 Å². The molecule has 0 aromatic carbocycles. The van der Waals surface area contributed by atoms with Gasteiger partial charge in [-0.1, -0.05) is 0 Å². The monoisotopic (exact) mass is 185 g/mol. The number of carbonyl (C=O) groups excluding carboxylic acids is 1. The van der Waals surface area contributed by atoms with E-state index in [1.54, 1.807) is 0 Å². The predicted molar refractivity (Wildman–Crippen MR) is 46.2 cm³/mol. The highest BCUT2D eigenvalue weighted by Crippen LogP contribution is 2.31. The van der Waals surface area contributed by atoms with E-state index in [4.69, 9.17) is 9.84 Å². The van der Waals surface area contributed by atoms with Crippen LogP contribution in [0.2, 0.25) is 0 Å². The molecule has 2 fully saturated rings. The first kappa shape index (κ1) is 8.97. The summed E-state index contributed by atoms with van der Waals surface area (Å²) >= 11 is 0. The zero-order chi connectivity index (χ0) is 9.26. The molecule has 4 heteroatoms. The minimum atomic E-state index is 0.0900. The van der Waals surface area contributed by atoms with Crippen LogP contribution < -0.4 is 0 Å². The van der Waals surface area contributed by atoms with E-state index in [-0.39, 0.29) is 25.2 Å². The maximum Gasteiger partial charge on any atom is 0.249 e. The van der Waals surface area contributed by atoms with E-state index in [0.29, 0.717) is 19.1 Å². The Morgan fingerprint density at radius 2 is 2.31 bits per heavy atom. The molecule has 1 saturated carbocycles. The summed E-state index contributed by atoms with van der Waals surface area (Å²) in [5.74, 6) is 0.0900. The van der Waals surface area contributed by atoms with Crippen molar-refractivity contribution >= 4 is 5.91 Å². The lowest BCUT2D eigenvalue weighted by molar-refractivity contribution is -0.149. The van der Waals surface area contributed by atoms with Gasteiger partial charge in [0.2, 0.25) is 5.91 Å². The van der Waals surface area contributed by atoms with Gasteiger partial charge in [-0.2, -0.15) is 0 Å². The van der Waals surface area contributed by atoms with Crippen molar-refractivity contribution in [1.29, 1.82) is 0 Å². The highest BCUT2D eigenvalue weighted by atomic mass is 16.5. The van der Waals surface area contributed by atoms with E-state index in [9.17, 15) is 4.79 Å². The first-order valence-corrected chi connectivity index (χ1v) is 4.82. The van der Waals surface area contributed by atoms with E-state index >= 15 is 0 Å². The Hall–Kier alpha value is -0.610. The molecular weight excluding hydrogens is 170 g/mol. The van der Waals surface area contributed by atoms with Crippen molar-refractivity contribution in [3.05, 3.63) is 0 Å². The van der Waals surface area contributed by atoms with E-state index in [1.807, 2.05) is 4.90 Å². The number of morpholine rings is 1. The van der Waals surface area contributed by atoms with Gasteiger partial charge < -0.3 is 14.7 Å². The Morgan fingerprint density at radius 1 is 1.54 bits per heavy atom. The molecule has 0 bridgehead atoms. The van der Waals surface area contributed by atoms with Gasteiger partial charge in [-0.3, -0.25) is 4.79 Å². The topological polar surface area (TPSA) is 49.8 Å². The van der Waals surface area contributed by atoms with Gasteiger partial charge in [0.1, 0.15) is 6.61 Å². The summed E-state index contributed by atoms with van der Waals surface area (Å²) < 4.78 is 5.15. The van der Waals surface area contributed by atoms with Crippen molar-refractivity contribution in [2.75, 3.05) is 19.8 Å². The van der Waals surface area contributed by atoms with Gasteiger partial charge in [0.15, 0.2) is 0 Å². The average molecular weight is 185 g/mol. The fourth-order valence-corrected chi connectivity index (χ4v) is 1.87. The molecule has 2 rings (SSSR count). The quantitative estimate of drug-likeness (QED) is 0.660. The molecule has 74 valence electrons. The third kappa shape index (κ3) is 1.84. The molecule has 0 aromatic rings. The van der Waals surface area contributed by atoms with Crippen molar-refractivity contribution in [3.8, 4) is 0 Å². The molecule has 2 aliphatic rings. The van der Waals surface area contributed by atoms with Crippen LogP contribution in [0, 0.1) is 0 Å². The number of rotatable bonds is 3. The number of carbonyl (C=O) groups is 1. The molecule has 0 aromatic heterocycles. The largest absolute Gasteiger partial charge is 0.396 e. The Kier molecular flexibility index (Phi) is 2.51. The molecule has 1 amide bonds. The van der Waals surface area contributed by atoms with Gasteiger partial charge in [-0.15, -0.1) is 0 Å². The van der Waals surface area contributed by atoms with Crippen molar-refractivity contribution in [2.45, 2.75) is 31.3 Å². The van der Waals surface area contributed by atoms with Crippen molar-refractivity contribution in [3.63, 3.8) is 0 Å². The van der Waals surface area contributed by atoms with Crippen LogP contribution in [0.5, 0.6) is 0 Å². The minimum absolute atomic E-state index is 0.0900. The summed E-state index contributed by atoms with van der Waals surface area (Å²) in [5, 5.41) is 8.83. The molecule has 4 nitrogen and oxygen atoms in total. The van der Waals surface area contributed by atoms with E-state index in [1.165, 1.54) is 0 Å². The number of amides is 1. The van der Waals surface area contributed by atoms with Crippen LogP contribution in [0.1, 0.15) is 19.3 Å². The Bertz CT molecular complexity index is 201. The van der Waals surface area contributed by atoms with Gasteiger partial charge in [0, 0.05) is 12.6 Å². The Balaban J connectivity index is 2.00. The second-order valence-electron chi connectivity index (χ2n) is 3.71. The molecule has 0 spiro atoms. The van der Waals surface area contributed by atoms with Crippen LogP contribution in [0.3, 0.4) is 0 Å². The summed E-state index contributed by atoms with van der Waals surface area (Å²) in [6.45, 7) is 0.936. The lowest BCUT2D eigenvalue weighted by Crippen LogP contribution is -2.50. The highest BCUT2D eigenvalue weighted by Gasteiger charge is 2.39. The van der Waals surface area contributed by atoms with E-state index in [2.05, 4.69) is 0 Å². The van der Waals surface area contributed by atoms with Gasteiger partial charge >= 0.3 is 0 Å². The number of aliphatic hydroxyl groups excluding tert-OH is 1. The van der Waals surface area contributed by atoms with Gasteiger partial charge in [-0.25, -0.2) is 0 Å². The zero-order valence-electron chi connectivity index (χ0n) is 7.61. The molecule has 1 heterocycles. The minimum Gasteiger partial charge on any atom is -0.396 e. The number of aliphatic hydroxyl groups is 1. The molecule has 1 atom stereocenters. The highest BCUT2D eigenvalue weighted by molar-refractivity contribution is 5.79. The van der Waals surface area contributed by atoms with Crippen LogP contribution in [-0.2, 0) is 9.53 Å². The second-order valence-corrected chi connectivity index (χ2v) is 3.71. The standard InChI is InChI=1S/C9H15NO3/c11-4-3-8-5-13-6-9(12)10(8)7-1-2-7/h7-8,11H,1-6H2. The first-order valence-electron chi connectivity index (χ1n) is 4.82. The van der Waals surface area contributed by atoms with E-state index < -0.39 is 0 Å². The summed E-state index contributed by atoms with van der Waals surface area (Å²) in [7, 11) is 0. The molecule has 1 saturated heterocycles. The molecule has 0 radical (unpaired) electrons.